The number of hydrogen-bond acceptors (Lipinski definition) is 5. The summed E-state index contributed by atoms with van der Waals surface area (Å²) in [4.78, 5) is 16.4. The van der Waals surface area contributed by atoms with Crippen LogP contribution in [0.4, 0.5) is 5.69 Å². The van der Waals surface area contributed by atoms with Crippen LogP contribution in [0.15, 0.2) is 46.7 Å². The highest BCUT2D eigenvalue weighted by Crippen LogP contribution is 2.40. The second kappa shape index (κ2) is 11.5. The molecule has 192 valence electrons. The quantitative estimate of drug-likeness (QED) is 0.566. The van der Waals surface area contributed by atoms with Gasteiger partial charge in [-0.05, 0) is 81.7 Å². The molecular weight excluding hydrogens is 450 g/mol. The van der Waals surface area contributed by atoms with E-state index in [0.717, 1.165) is 93.8 Å². The third kappa shape index (κ3) is 5.18. The van der Waals surface area contributed by atoms with Gasteiger partial charge in [-0.3, -0.25) is 14.5 Å². The van der Waals surface area contributed by atoms with E-state index in [-0.39, 0.29) is 0 Å². The van der Waals surface area contributed by atoms with Gasteiger partial charge in [0.15, 0.2) is 0 Å². The molecule has 0 radical (unpaired) electrons. The largest absolute Gasteiger partial charge is 0.381 e. The molecule has 1 aromatic carbocycles. The lowest BCUT2D eigenvalue weighted by Crippen LogP contribution is -2.31. The third-order valence-corrected chi connectivity index (χ3v) is 8.09. The highest BCUT2D eigenvalue weighted by molar-refractivity contribution is 6.14. The Labute approximate surface area is 214 Å². The number of aliphatic imine (C=N–C) groups is 1. The van der Waals surface area contributed by atoms with Crippen molar-refractivity contribution in [3.8, 4) is 0 Å². The van der Waals surface area contributed by atoms with Crippen LogP contribution in [0.25, 0.3) is 0 Å². The van der Waals surface area contributed by atoms with Crippen LogP contribution in [-0.2, 0) is 9.53 Å². The van der Waals surface area contributed by atoms with Crippen molar-refractivity contribution in [3.63, 3.8) is 0 Å². The summed E-state index contributed by atoms with van der Waals surface area (Å²) in [6, 6.07) is 8.47. The molecular formula is C29H39N5O2. The van der Waals surface area contributed by atoms with Crippen molar-refractivity contribution in [2.75, 3.05) is 31.6 Å². The monoisotopic (exact) mass is 489 g/mol. The minimum Gasteiger partial charge on any atom is -0.381 e. The Morgan fingerprint density at radius 1 is 1.17 bits per heavy atom. The molecule has 1 amide bonds. The summed E-state index contributed by atoms with van der Waals surface area (Å²) in [5, 5.41) is 11.2. The summed E-state index contributed by atoms with van der Waals surface area (Å²) in [6.45, 7) is 8.36. The lowest BCUT2D eigenvalue weighted by molar-refractivity contribution is -0.105. The first-order valence-corrected chi connectivity index (χ1v) is 13.7. The second-order valence-corrected chi connectivity index (χ2v) is 10.4. The van der Waals surface area contributed by atoms with E-state index in [0.29, 0.717) is 24.3 Å². The minimum absolute atomic E-state index is 0.381. The number of ether oxygens (including phenoxy) is 1. The second-order valence-electron chi connectivity index (χ2n) is 10.4. The highest BCUT2D eigenvalue weighted by Gasteiger charge is 2.32. The van der Waals surface area contributed by atoms with Crippen LogP contribution < -0.4 is 10.6 Å². The third-order valence-electron chi connectivity index (χ3n) is 8.09. The van der Waals surface area contributed by atoms with Crippen molar-refractivity contribution < 1.29 is 9.53 Å². The van der Waals surface area contributed by atoms with Crippen LogP contribution in [0.2, 0.25) is 0 Å². The number of rotatable bonds is 5. The number of nitrogens with one attached hydrogen (secondary N) is 2. The molecule has 5 rings (SSSR count). The van der Waals surface area contributed by atoms with Gasteiger partial charge >= 0.3 is 0 Å². The maximum Gasteiger partial charge on any atom is 0.211 e. The first-order chi connectivity index (χ1) is 17.7. The van der Waals surface area contributed by atoms with Crippen molar-refractivity contribution in [1.29, 1.82) is 0 Å². The zero-order valence-corrected chi connectivity index (χ0v) is 21.6. The normalized spacial score (nSPS) is 25.8. The van der Waals surface area contributed by atoms with Crippen molar-refractivity contribution in [1.82, 2.24) is 15.1 Å². The van der Waals surface area contributed by atoms with Crippen LogP contribution in [0.1, 0.15) is 87.6 Å². The summed E-state index contributed by atoms with van der Waals surface area (Å²) in [7, 11) is 0. The van der Waals surface area contributed by atoms with Gasteiger partial charge in [0.1, 0.15) is 0 Å². The molecule has 0 spiro atoms. The molecule has 2 atom stereocenters. The Morgan fingerprint density at radius 2 is 1.97 bits per heavy atom. The molecule has 0 bridgehead atoms. The lowest BCUT2D eigenvalue weighted by Gasteiger charge is -2.28. The van der Waals surface area contributed by atoms with Gasteiger partial charge < -0.3 is 15.4 Å². The number of aromatic nitrogens is 2. The average Bonchev–Trinajstić information content (AvgIpc) is 3.26. The molecule has 4 heterocycles. The Morgan fingerprint density at radius 3 is 2.72 bits per heavy atom. The summed E-state index contributed by atoms with van der Waals surface area (Å²) in [6.07, 6.45) is 10.1. The van der Waals surface area contributed by atoms with Crippen LogP contribution >= 0.6 is 0 Å². The molecule has 36 heavy (non-hydrogen) atoms. The molecule has 1 aromatic heterocycles. The number of piperidine rings is 1. The van der Waals surface area contributed by atoms with Crippen LogP contribution in [0.3, 0.4) is 0 Å². The van der Waals surface area contributed by atoms with Crippen molar-refractivity contribution in [2.24, 2.45) is 10.9 Å². The fraction of sp³-hybridized carbons (Fsp3) is 0.552. The number of fused-ring (bicyclic) bond motifs is 1. The SMILES string of the molecule is CCC1C/C(=C2/CCCOCCC2C)N=C(c2ccc(NC=O)cc2)c2cnn(C3CCNCC3)c21. The molecule has 0 saturated carbocycles. The number of allylic oxidation sites excluding steroid dienone is 2. The maximum absolute atomic E-state index is 10.9. The summed E-state index contributed by atoms with van der Waals surface area (Å²) >= 11 is 0. The van der Waals surface area contributed by atoms with Crippen LogP contribution in [-0.4, -0.2) is 48.2 Å². The van der Waals surface area contributed by atoms with Gasteiger partial charge in [-0.2, -0.15) is 5.10 Å². The first kappa shape index (κ1) is 24.9. The van der Waals surface area contributed by atoms with Gasteiger partial charge in [-0.15, -0.1) is 0 Å². The highest BCUT2D eigenvalue weighted by atomic mass is 16.5. The molecule has 0 aliphatic carbocycles. The van der Waals surface area contributed by atoms with Crippen LogP contribution in [0.5, 0.6) is 0 Å². The molecule has 2 N–H and O–H groups in total. The standard InChI is InChI=1S/C29H39N5O2/c1-3-21-17-27(25-5-4-15-36-16-12-20(25)2)33-28(22-6-8-23(9-7-22)31-19-35)26-18-32-34(29(21)26)24-10-13-30-14-11-24/h6-9,18-21,24,30H,3-5,10-17H2,1-2H3,(H,31,35)/b27-25+. The van der Waals surface area contributed by atoms with Gasteiger partial charge in [0, 0.05) is 41.6 Å². The van der Waals surface area contributed by atoms with Crippen LogP contribution in [0, 0.1) is 5.92 Å². The van der Waals surface area contributed by atoms with Crippen molar-refractivity contribution >= 4 is 17.8 Å². The fourth-order valence-electron chi connectivity index (χ4n) is 6.00. The minimum atomic E-state index is 0.381. The average molecular weight is 490 g/mol. The first-order valence-electron chi connectivity index (χ1n) is 13.7. The Kier molecular flexibility index (Phi) is 7.97. The zero-order chi connectivity index (χ0) is 24.9. The maximum atomic E-state index is 10.9. The predicted octanol–water partition coefficient (Wildman–Crippen LogP) is 5.20. The molecule has 2 aromatic rings. The van der Waals surface area contributed by atoms with Crippen molar-refractivity contribution in [2.45, 2.75) is 70.8 Å². The Balaban J connectivity index is 1.65. The van der Waals surface area contributed by atoms with E-state index < -0.39 is 0 Å². The summed E-state index contributed by atoms with van der Waals surface area (Å²) < 4.78 is 8.12. The summed E-state index contributed by atoms with van der Waals surface area (Å²) in [5.74, 6) is 0.843. The van der Waals surface area contributed by atoms with E-state index in [9.17, 15) is 4.79 Å². The van der Waals surface area contributed by atoms with Gasteiger partial charge in [0.2, 0.25) is 6.41 Å². The molecule has 2 unspecified atom stereocenters. The number of amides is 1. The molecule has 3 aliphatic heterocycles. The van der Waals surface area contributed by atoms with Gasteiger partial charge in [0.05, 0.1) is 23.6 Å². The van der Waals surface area contributed by atoms with Crippen molar-refractivity contribution in [3.05, 3.63) is 58.6 Å². The topological polar surface area (TPSA) is 80.5 Å². The van der Waals surface area contributed by atoms with E-state index in [1.807, 2.05) is 12.1 Å². The van der Waals surface area contributed by atoms with E-state index in [4.69, 9.17) is 14.8 Å². The molecule has 2 saturated heterocycles. The zero-order valence-electron chi connectivity index (χ0n) is 21.6. The number of carbonyl (C=O) groups excluding carboxylic acids is 1. The molecule has 7 heteroatoms. The van der Waals surface area contributed by atoms with Gasteiger partial charge in [-0.25, -0.2) is 0 Å². The number of hydrogen-bond donors (Lipinski definition) is 2. The Bertz CT molecular complexity index is 1110. The smallest absolute Gasteiger partial charge is 0.211 e. The predicted molar refractivity (Wildman–Crippen MR) is 144 cm³/mol. The number of benzene rings is 1. The van der Waals surface area contributed by atoms with E-state index >= 15 is 0 Å². The molecule has 2 fully saturated rings. The van der Waals surface area contributed by atoms with Gasteiger partial charge in [0.25, 0.3) is 0 Å². The molecule has 7 nitrogen and oxygen atoms in total. The van der Waals surface area contributed by atoms with Gasteiger partial charge in [-0.1, -0.05) is 26.0 Å². The van der Waals surface area contributed by atoms with E-state index in [1.54, 1.807) is 0 Å². The summed E-state index contributed by atoms with van der Waals surface area (Å²) in [5.41, 5.74) is 8.12. The number of carbonyl (C=O) groups is 1. The number of nitrogens with zero attached hydrogens (tertiary/aromatic N) is 3. The molecule has 3 aliphatic rings. The Hall–Kier alpha value is -2.77. The van der Waals surface area contributed by atoms with E-state index in [2.05, 4.69) is 47.5 Å². The van der Waals surface area contributed by atoms with E-state index in [1.165, 1.54) is 17.0 Å². The lowest BCUT2D eigenvalue weighted by atomic mass is 9.86. The fourth-order valence-corrected chi connectivity index (χ4v) is 6.00. The number of anilines is 1.